The predicted molar refractivity (Wildman–Crippen MR) is 64.6 cm³/mol. The minimum atomic E-state index is -0.142. The normalized spacial score (nSPS) is 12.0. The Balaban J connectivity index is 2.76. The molecule has 1 amide bonds. The van der Waals surface area contributed by atoms with Crippen LogP contribution < -0.4 is 15.8 Å². The third kappa shape index (κ3) is 3.55. The molecule has 4 nitrogen and oxygen atoms in total. The van der Waals surface area contributed by atoms with Gasteiger partial charge in [-0.2, -0.15) is 0 Å². The van der Waals surface area contributed by atoms with Crippen molar-refractivity contribution in [1.82, 2.24) is 0 Å². The average molecular weight is 222 g/mol. The van der Waals surface area contributed by atoms with E-state index in [0.717, 1.165) is 5.56 Å². The Labute approximate surface area is 95.8 Å². The van der Waals surface area contributed by atoms with Crippen LogP contribution in [0, 0.1) is 6.92 Å². The molecule has 1 atom stereocenters. The number of nitrogens with two attached hydrogens (primary N) is 1. The topological polar surface area (TPSA) is 64.3 Å². The molecular formula is C12H18N2O2. The molecule has 1 aromatic rings. The summed E-state index contributed by atoms with van der Waals surface area (Å²) in [6.07, 6.45) is 0.303. The van der Waals surface area contributed by atoms with Crippen LogP contribution in [0.1, 0.15) is 18.9 Å². The Morgan fingerprint density at radius 2 is 2.25 bits per heavy atom. The highest BCUT2D eigenvalue weighted by Crippen LogP contribution is 2.25. The van der Waals surface area contributed by atoms with Crippen molar-refractivity contribution in [3.63, 3.8) is 0 Å². The van der Waals surface area contributed by atoms with Crippen molar-refractivity contribution in [1.29, 1.82) is 0 Å². The van der Waals surface area contributed by atoms with E-state index in [1.54, 1.807) is 14.0 Å². The number of methoxy groups -OCH3 is 1. The van der Waals surface area contributed by atoms with Crippen LogP contribution >= 0.6 is 0 Å². The SMILES string of the molecule is COc1cc(C)ccc1NC(=O)CC(C)N. The minimum Gasteiger partial charge on any atom is -0.495 e. The van der Waals surface area contributed by atoms with Crippen molar-refractivity contribution >= 4 is 11.6 Å². The largest absolute Gasteiger partial charge is 0.495 e. The van der Waals surface area contributed by atoms with E-state index in [0.29, 0.717) is 17.9 Å². The van der Waals surface area contributed by atoms with Gasteiger partial charge in [-0.1, -0.05) is 6.07 Å². The first kappa shape index (κ1) is 12.5. The quantitative estimate of drug-likeness (QED) is 0.814. The molecule has 0 heterocycles. The van der Waals surface area contributed by atoms with Crippen LogP contribution in [0.15, 0.2) is 18.2 Å². The van der Waals surface area contributed by atoms with E-state index < -0.39 is 0 Å². The molecule has 3 N–H and O–H groups in total. The van der Waals surface area contributed by atoms with Gasteiger partial charge in [0, 0.05) is 12.5 Å². The third-order valence-corrected chi connectivity index (χ3v) is 2.14. The highest BCUT2D eigenvalue weighted by Gasteiger charge is 2.09. The van der Waals surface area contributed by atoms with Gasteiger partial charge in [-0.25, -0.2) is 0 Å². The molecule has 1 rings (SSSR count). The first-order valence-electron chi connectivity index (χ1n) is 5.23. The van der Waals surface area contributed by atoms with E-state index in [9.17, 15) is 4.79 Å². The summed E-state index contributed by atoms with van der Waals surface area (Å²) in [7, 11) is 1.58. The number of hydrogen-bond acceptors (Lipinski definition) is 3. The molecule has 0 radical (unpaired) electrons. The van der Waals surface area contributed by atoms with E-state index >= 15 is 0 Å². The van der Waals surface area contributed by atoms with Crippen LogP contribution in [-0.2, 0) is 4.79 Å². The van der Waals surface area contributed by atoms with Crippen molar-refractivity contribution in [2.24, 2.45) is 5.73 Å². The second-order valence-corrected chi connectivity index (χ2v) is 3.93. The monoisotopic (exact) mass is 222 g/mol. The minimum absolute atomic E-state index is 0.0999. The molecule has 0 aromatic heterocycles. The number of nitrogens with one attached hydrogen (secondary N) is 1. The molecule has 0 aliphatic rings. The number of ether oxygens (including phenoxy) is 1. The fraction of sp³-hybridized carbons (Fsp3) is 0.417. The number of carbonyl (C=O) groups is 1. The van der Waals surface area contributed by atoms with Crippen LogP contribution in [0.25, 0.3) is 0 Å². The van der Waals surface area contributed by atoms with Gasteiger partial charge < -0.3 is 15.8 Å². The molecule has 4 heteroatoms. The number of aryl methyl sites for hydroxylation is 1. The zero-order chi connectivity index (χ0) is 12.1. The Kier molecular flexibility index (Phi) is 4.31. The molecule has 16 heavy (non-hydrogen) atoms. The van der Waals surface area contributed by atoms with Crippen molar-refractivity contribution < 1.29 is 9.53 Å². The second kappa shape index (κ2) is 5.51. The molecular weight excluding hydrogens is 204 g/mol. The Morgan fingerprint density at radius 1 is 1.56 bits per heavy atom. The van der Waals surface area contributed by atoms with E-state index in [-0.39, 0.29) is 11.9 Å². The van der Waals surface area contributed by atoms with Gasteiger partial charge in [0.2, 0.25) is 5.91 Å². The molecule has 0 aliphatic carbocycles. The summed E-state index contributed by atoms with van der Waals surface area (Å²) in [6.45, 7) is 3.77. The lowest BCUT2D eigenvalue weighted by Crippen LogP contribution is -2.24. The summed E-state index contributed by atoms with van der Waals surface area (Å²) < 4.78 is 5.19. The molecule has 0 spiro atoms. The van der Waals surface area contributed by atoms with Crippen molar-refractivity contribution in [2.45, 2.75) is 26.3 Å². The number of benzene rings is 1. The van der Waals surface area contributed by atoms with Gasteiger partial charge in [0.05, 0.1) is 12.8 Å². The van der Waals surface area contributed by atoms with Crippen LogP contribution in [-0.4, -0.2) is 19.1 Å². The number of anilines is 1. The molecule has 0 aliphatic heterocycles. The zero-order valence-electron chi connectivity index (χ0n) is 9.91. The number of carbonyl (C=O) groups excluding carboxylic acids is 1. The molecule has 1 aromatic carbocycles. The predicted octanol–water partition coefficient (Wildman–Crippen LogP) is 1.68. The molecule has 0 saturated heterocycles. The molecule has 0 saturated carbocycles. The van der Waals surface area contributed by atoms with Gasteiger partial charge in [0.15, 0.2) is 0 Å². The maximum Gasteiger partial charge on any atom is 0.226 e. The smallest absolute Gasteiger partial charge is 0.226 e. The van der Waals surface area contributed by atoms with Gasteiger partial charge >= 0.3 is 0 Å². The highest BCUT2D eigenvalue weighted by molar-refractivity contribution is 5.92. The van der Waals surface area contributed by atoms with Gasteiger partial charge in [0.1, 0.15) is 5.75 Å². The lowest BCUT2D eigenvalue weighted by molar-refractivity contribution is -0.116. The molecule has 1 unspecified atom stereocenters. The molecule has 88 valence electrons. The summed E-state index contributed by atoms with van der Waals surface area (Å²) in [5.41, 5.74) is 7.31. The van der Waals surface area contributed by atoms with Crippen LogP contribution in [0.4, 0.5) is 5.69 Å². The van der Waals surface area contributed by atoms with E-state index in [4.69, 9.17) is 10.5 Å². The Morgan fingerprint density at radius 3 is 2.81 bits per heavy atom. The molecule has 0 bridgehead atoms. The maximum atomic E-state index is 11.5. The van der Waals surface area contributed by atoms with Crippen LogP contribution in [0.3, 0.4) is 0 Å². The number of amides is 1. The van der Waals surface area contributed by atoms with E-state index in [2.05, 4.69) is 5.32 Å². The van der Waals surface area contributed by atoms with Crippen molar-refractivity contribution in [3.05, 3.63) is 23.8 Å². The summed E-state index contributed by atoms with van der Waals surface area (Å²) in [6, 6.07) is 5.48. The fourth-order valence-electron chi connectivity index (χ4n) is 1.40. The van der Waals surface area contributed by atoms with Crippen LogP contribution in [0.5, 0.6) is 5.75 Å². The number of rotatable bonds is 4. The summed E-state index contributed by atoms with van der Waals surface area (Å²) >= 11 is 0. The highest BCUT2D eigenvalue weighted by atomic mass is 16.5. The van der Waals surface area contributed by atoms with Crippen molar-refractivity contribution in [3.8, 4) is 5.75 Å². The molecule has 0 fully saturated rings. The van der Waals surface area contributed by atoms with Gasteiger partial charge in [-0.15, -0.1) is 0 Å². The van der Waals surface area contributed by atoms with Gasteiger partial charge in [-0.05, 0) is 31.5 Å². The first-order valence-corrected chi connectivity index (χ1v) is 5.23. The van der Waals surface area contributed by atoms with E-state index in [1.807, 2.05) is 25.1 Å². The van der Waals surface area contributed by atoms with Gasteiger partial charge in [0.25, 0.3) is 0 Å². The lowest BCUT2D eigenvalue weighted by Gasteiger charge is -2.11. The first-order chi connectivity index (χ1) is 7.52. The van der Waals surface area contributed by atoms with Crippen LogP contribution in [0.2, 0.25) is 0 Å². The average Bonchev–Trinajstić information content (AvgIpc) is 2.19. The fourth-order valence-corrected chi connectivity index (χ4v) is 1.40. The number of hydrogen-bond donors (Lipinski definition) is 2. The Bertz CT molecular complexity index is 375. The standard InChI is InChI=1S/C12H18N2O2/c1-8-4-5-10(11(6-8)16-3)14-12(15)7-9(2)13/h4-6,9H,7,13H2,1-3H3,(H,14,15). The maximum absolute atomic E-state index is 11.5. The second-order valence-electron chi connectivity index (χ2n) is 3.93. The van der Waals surface area contributed by atoms with Gasteiger partial charge in [-0.3, -0.25) is 4.79 Å². The van der Waals surface area contributed by atoms with Crippen molar-refractivity contribution in [2.75, 3.05) is 12.4 Å². The third-order valence-electron chi connectivity index (χ3n) is 2.14. The summed E-state index contributed by atoms with van der Waals surface area (Å²) in [4.78, 5) is 11.5. The Hall–Kier alpha value is -1.55. The van der Waals surface area contributed by atoms with E-state index in [1.165, 1.54) is 0 Å². The zero-order valence-corrected chi connectivity index (χ0v) is 9.91. The summed E-state index contributed by atoms with van der Waals surface area (Å²) in [5, 5.41) is 2.78. The lowest BCUT2D eigenvalue weighted by atomic mass is 10.2. The summed E-state index contributed by atoms with van der Waals surface area (Å²) in [5.74, 6) is 0.565.